The summed E-state index contributed by atoms with van der Waals surface area (Å²) in [6.45, 7) is 0. The van der Waals surface area contributed by atoms with Crippen LogP contribution in [0.1, 0.15) is 5.56 Å². The van der Waals surface area contributed by atoms with Gasteiger partial charge in [-0.2, -0.15) is 13.2 Å². The quantitative estimate of drug-likeness (QED) is 0.820. The number of hydrogen-bond donors (Lipinski definition) is 1. The summed E-state index contributed by atoms with van der Waals surface area (Å²) in [5, 5.41) is 0. The Labute approximate surface area is 89.1 Å². The summed E-state index contributed by atoms with van der Waals surface area (Å²) in [4.78, 5) is -0.635. The molecule has 16 heavy (non-hydrogen) atoms. The number of hydrogen-bond acceptors (Lipinski definition) is 2. The molecule has 0 saturated carbocycles. The standard InChI is InChI=1S/C8H7F4NO2S/c1-13-16(14,15)5-2-3-7(9)6(4-5)8(10,11)12/h2-4,13H,1H3. The zero-order valence-corrected chi connectivity index (χ0v) is 8.79. The summed E-state index contributed by atoms with van der Waals surface area (Å²) in [5.74, 6) is -1.51. The summed E-state index contributed by atoms with van der Waals surface area (Å²) >= 11 is 0. The van der Waals surface area contributed by atoms with E-state index in [4.69, 9.17) is 0 Å². The Kier molecular flexibility index (Phi) is 3.25. The van der Waals surface area contributed by atoms with Gasteiger partial charge in [-0.05, 0) is 25.2 Å². The monoisotopic (exact) mass is 257 g/mol. The Morgan fingerprint density at radius 2 is 1.81 bits per heavy atom. The molecule has 0 saturated heterocycles. The second kappa shape index (κ2) is 4.02. The van der Waals surface area contributed by atoms with Gasteiger partial charge in [0.2, 0.25) is 10.0 Å². The largest absolute Gasteiger partial charge is 0.419 e. The third-order valence-electron chi connectivity index (χ3n) is 1.82. The van der Waals surface area contributed by atoms with E-state index in [9.17, 15) is 26.0 Å². The molecule has 0 aliphatic carbocycles. The summed E-state index contributed by atoms with van der Waals surface area (Å²) in [7, 11) is -2.97. The van der Waals surface area contributed by atoms with E-state index in [1.807, 2.05) is 4.72 Å². The van der Waals surface area contributed by atoms with Gasteiger partial charge < -0.3 is 0 Å². The van der Waals surface area contributed by atoms with Crippen molar-refractivity contribution >= 4 is 10.0 Å². The first-order valence-corrected chi connectivity index (χ1v) is 5.47. The average molecular weight is 257 g/mol. The van der Waals surface area contributed by atoms with Crippen molar-refractivity contribution in [2.45, 2.75) is 11.1 Å². The molecular weight excluding hydrogens is 250 g/mol. The minimum atomic E-state index is -4.93. The smallest absolute Gasteiger partial charge is 0.214 e. The van der Waals surface area contributed by atoms with Crippen molar-refractivity contribution in [1.82, 2.24) is 4.72 Å². The van der Waals surface area contributed by atoms with Gasteiger partial charge in [0.05, 0.1) is 10.5 Å². The molecule has 0 radical (unpaired) electrons. The average Bonchev–Trinajstić information content (AvgIpc) is 2.16. The minimum Gasteiger partial charge on any atom is -0.214 e. The third-order valence-corrected chi connectivity index (χ3v) is 3.23. The molecule has 90 valence electrons. The maximum absolute atomic E-state index is 12.8. The molecule has 8 heteroatoms. The van der Waals surface area contributed by atoms with Crippen LogP contribution >= 0.6 is 0 Å². The van der Waals surface area contributed by atoms with Crippen LogP contribution in [0, 0.1) is 5.82 Å². The molecule has 1 aromatic carbocycles. The second-order valence-corrected chi connectivity index (χ2v) is 4.73. The summed E-state index contributed by atoms with van der Waals surface area (Å²) in [6.07, 6.45) is -4.93. The molecule has 0 aliphatic heterocycles. The van der Waals surface area contributed by atoms with Crippen molar-refractivity contribution in [2.24, 2.45) is 0 Å². The number of rotatable bonds is 2. The van der Waals surface area contributed by atoms with Crippen LogP contribution in [0.3, 0.4) is 0 Å². The lowest BCUT2D eigenvalue weighted by Crippen LogP contribution is -2.20. The van der Waals surface area contributed by atoms with Crippen LogP contribution in [0.4, 0.5) is 17.6 Å². The van der Waals surface area contributed by atoms with Crippen LogP contribution in [-0.4, -0.2) is 15.5 Å². The molecule has 0 bridgehead atoms. The number of sulfonamides is 1. The SMILES string of the molecule is CNS(=O)(=O)c1ccc(F)c(C(F)(F)F)c1. The zero-order chi connectivity index (χ0) is 12.6. The van der Waals surface area contributed by atoms with Gasteiger partial charge in [0.1, 0.15) is 5.82 Å². The van der Waals surface area contributed by atoms with Gasteiger partial charge in [-0.1, -0.05) is 0 Å². The lowest BCUT2D eigenvalue weighted by molar-refractivity contribution is -0.140. The first-order chi connectivity index (χ1) is 7.18. The van der Waals surface area contributed by atoms with E-state index >= 15 is 0 Å². The molecule has 0 atom stereocenters. The predicted molar refractivity (Wildman–Crippen MR) is 47.6 cm³/mol. The molecular formula is C8H7F4NO2S. The van der Waals surface area contributed by atoms with E-state index in [-0.39, 0.29) is 6.07 Å². The predicted octanol–water partition coefficient (Wildman–Crippen LogP) is 1.75. The summed E-state index contributed by atoms with van der Waals surface area (Å²) in [5.41, 5.74) is -1.61. The van der Waals surface area contributed by atoms with Gasteiger partial charge in [-0.3, -0.25) is 0 Å². The van der Waals surface area contributed by atoms with E-state index in [0.29, 0.717) is 6.07 Å². The molecule has 0 heterocycles. The highest BCUT2D eigenvalue weighted by molar-refractivity contribution is 7.89. The van der Waals surface area contributed by atoms with E-state index in [1.54, 1.807) is 0 Å². The van der Waals surface area contributed by atoms with Gasteiger partial charge in [0.15, 0.2) is 0 Å². The maximum atomic E-state index is 12.8. The Morgan fingerprint density at radius 1 is 1.25 bits per heavy atom. The maximum Gasteiger partial charge on any atom is 0.419 e. The van der Waals surface area contributed by atoms with Crippen LogP contribution in [0.5, 0.6) is 0 Å². The zero-order valence-electron chi connectivity index (χ0n) is 7.97. The summed E-state index contributed by atoms with van der Waals surface area (Å²) in [6, 6.07) is 1.48. The normalized spacial score (nSPS) is 12.8. The topological polar surface area (TPSA) is 46.2 Å². The Bertz CT molecular complexity index is 495. The fraction of sp³-hybridized carbons (Fsp3) is 0.250. The Morgan fingerprint density at radius 3 is 2.25 bits per heavy atom. The molecule has 1 aromatic rings. The number of nitrogens with one attached hydrogen (secondary N) is 1. The third kappa shape index (κ3) is 2.50. The first-order valence-electron chi connectivity index (χ1n) is 3.99. The van der Waals surface area contributed by atoms with E-state index in [2.05, 4.69) is 0 Å². The van der Waals surface area contributed by atoms with Crippen LogP contribution < -0.4 is 4.72 Å². The van der Waals surface area contributed by atoms with Gasteiger partial charge in [0, 0.05) is 0 Å². The van der Waals surface area contributed by atoms with Gasteiger partial charge >= 0.3 is 6.18 Å². The molecule has 0 amide bonds. The van der Waals surface area contributed by atoms with Crippen LogP contribution in [0.15, 0.2) is 23.1 Å². The number of alkyl halides is 3. The van der Waals surface area contributed by atoms with Crippen molar-refractivity contribution in [3.63, 3.8) is 0 Å². The molecule has 0 spiro atoms. The Balaban J connectivity index is 3.40. The van der Waals surface area contributed by atoms with E-state index < -0.39 is 32.5 Å². The highest BCUT2D eigenvalue weighted by atomic mass is 32.2. The van der Waals surface area contributed by atoms with Crippen LogP contribution in [-0.2, 0) is 16.2 Å². The second-order valence-electron chi connectivity index (χ2n) is 2.85. The molecule has 0 unspecified atom stereocenters. The fourth-order valence-electron chi connectivity index (χ4n) is 1.01. The molecule has 0 fully saturated rings. The lowest BCUT2D eigenvalue weighted by atomic mass is 10.2. The molecule has 0 aromatic heterocycles. The highest BCUT2D eigenvalue weighted by Crippen LogP contribution is 2.32. The van der Waals surface area contributed by atoms with Crippen LogP contribution in [0.25, 0.3) is 0 Å². The van der Waals surface area contributed by atoms with Gasteiger partial charge in [-0.25, -0.2) is 17.5 Å². The van der Waals surface area contributed by atoms with Gasteiger partial charge in [-0.15, -0.1) is 0 Å². The summed E-state index contributed by atoms with van der Waals surface area (Å²) < 4.78 is 73.8. The highest BCUT2D eigenvalue weighted by Gasteiger charge is 2.35. The van der Waals surface area contributed by atoms with Crippen LogP contribution in [0.2, 0.25) is 0 Å². The number of halogens is 4. The minimum absolute atomic E-state index is 0.251. The molecule has 1 N–H and O–H groups in total. The van der Waals surface area contributed by atoms with Crippen molar-refractivity contribution in [3.05, 3.63) is 29.6 Å². The van der Waals surface area contributed by atoms with Crippen molar-refractivity contribution in [3.8, 4) is 0 Å². The van der Waals surface area contributed by atoms with E-state index in [0.717, 1.165) is 13.1 Å². The molecule has 1 rings (SSSR count). The van der Waals surface area contributed by atoms with Crippen molar-refractivity contribution < 1.29 is 26.0 Å². The fourth-order valence-corrected chi connectivity index (χ4v) is 1.76. The Hall–Kier alpha value is -1.15. The van der Waals surface area contributed by atoms with Crippen molar-refractivity contribution in [2.75, 3.05) is 7.05 Å². The first kappa shape index (κ1) is 12.9. The van der Waals surface area contributed by atoms with E-state index in [1.165, 1.54) is 0 Å². The number of benzene rings is 1. The van der Waals surface area contributed by atoms with Gasteiger partial charge in [0.25, 0.3) is 0 Å². The molecule has 3 nitrogen and oxygen atoms in total. The van der Waals surface area contributed by atoms with Crippen molar-refractivity contribution in [1.29, 1.82) is 0 Å². The molecule has 0 aliphatic rings. The lowest BCUT2D eigenvalue weighted by Gasteiger charge is -2.09.